The molecule has 0 aromatic rings. The Morgan fingerprint density at radius 3 is 2.48 bits per heavy atom. The van der Waals surface area contributed by atoms with Crippen molar-refractivity contribution in [3.8, 4) is 0 Å². The van der Waals surface area contributed by atoms with Crippen molar-refractivity contribution in [2.24, 2.45) is 16.9 Å². The molecule has 4 rings (SSSR count). The fraction of sp³-hybridized carbons (Fsp3) is 0.818. The topological polar surface area (TPSA) is 100 Å². The smallest absolute Gasteiger partial charge is 0.309 e. The van der Waals surface area contributed by atoms with E-state index in [0.29, 0.717) is 32.1 Å². The van der Waals surface area contributed by atoms with Crippen LogP contribution >= 0.6 is 11.8 Å². The quantitative estimate of drug-likeness (QED) is 0.365. The van der Waals surface area contributed by atoms with Gasteiger partial charge in [-0.2, -0.15) is 0 Å². The van der Waals surface area contributed by atoms with Gasteiger partial charge >= 0.3 is 5.91 Å². The van der Waals surface area contributed by atoms with E-state index in [-0.39, 0.29) is 17.7 Å². The molecule has 0 aromatic carbocycles. The van der Waals surface area contributed by atoms with Crippen molar-refractivity contribution in [2.45, 2.75) is 76.3 Å². The average molecular weight is 451 g/mol. The molecule has 4 aliphatic rings. The van der Waals surface area contributed by atoms with Gasteiger partial charge < -0.3 is 15.0 Å². The summed E-state index contributed by atoms with van der Waals surface area (Å²) in [6.07, 6.45) is 9.72. The van der Waals surface area contributed by atoms with Crippen molar-refractivity contribution in [3.05, 3.63) is 0 Å². The van der Waals surface area contributed by atoms with E-state index >= 15 is 0 Å². The number of thioether (sulfide) groups is 1. The van der Waals surface area contributed by atoms with Crippen LogP contribution in [0, 0.1) is 11.8 Å². The van der Waals surface area contributed by atoms with Crippen molar-refractivity contribution >= 4 is 34.5 Å². The van der Waals surface area contributed by atoms with Crippen molar-refractivity contribution in [3.63, 3.8) is 0 Å². The standard InChI is InChI=1S/C22H34N4O4S/c27-19(21(29)24-25-22-26-11-5-8-17(26)14-31-22)18(15-9-12-30-13-10-15)23-20(28)16-6-3-1-2-4-7-16/h15-18H,1-14H2,(H,23,28)(H,24,29)/t17-,18+/m1/s1. The summed E-state index contributed by atoms with van der Waals surface area (Å²) >= 11 is 1.62. The molecule has 2 N–H and O–H groups in total. The molecule has 3 heterocycles. The Balaban J connectivity index is 1.40. The molecule has 3 saturated heterocycles. The van der Waals surface area contributed by atoms with Gasteiger partial charge in [-0.25, -0.2) is 5.43 Å². The van der Waals surface area contributed by atoms with Crippen LogP contribution < -0.4 is 10.7 Å². The maximum Gasteiger partial charge on any atom is 0.309 e. The van der Waals surface area contributed by atoms with E-state index in [0.717, 1.165) is 68.8 Å². The van der Waals surface area contributed by atoms with E-state index in [2.05, 4.69) is 20.7 Å². The minimum atomic E-state index is -0.810. The van der Waals surface area contributed by atoms with Gasteiger partial charge in [0.2, 0.25) is 11.7 Å². The van der Waals surface area contributed by atoms with Crippen LogP contribution in [0.5, 0.6) is 0 Å². The molecule has 1 aliphatic carbocycles. The fourth-order valence-electron chi connectivity index (χ4n) is 5.17. The first kappa shape index (κ1) is 22.6. The molecule has 172 valence electrons. The Bertz CT molecular complexity index is 702. The zero-order chi connectivity index (χ0) is 21.6. The second-order valence-electron chi connectivity index (χ2n) is 9.12. The van der Waals surface area contributed by atoms with Crippen LogP contribution in [-0.4, -0.2) is 65.3 Å². The lowest BCUT2D eigenvalue weighted by molar-refractivity contribution is -0.142. The fourth-order valence-corrected chi connectivity index (χ4v) is 6.37. The Hall–Kier alpha value is -1.61. The summed E-state index contributed by atoms with van der Waals surface area (Å²) in [7, 11) is 0. The first-order valence-electron chi connectivity index (χ1n) is 11.8. The molecular weight excluding hydrogens is 416 g/mol. The molecule has 8 nitrogen and oxygen atoms in total. The van der Waals surface area contributed by atoms with Gasteiger partial charge in [-0.15, -0.1) is 5.10 Å². The molecule has 1 saturated carbocycles. The monoisotopic (exact) mass is 450 g/mol. The van der Waals surface area contributed by atoms with Gasteiger partial charge in [-0.05, 0) is 44.4 Å². The molecule has 3 aliphatic heterocycles. The van der Waals surface area contributed by atoms with Gasteiger partial charge in [0.05, 0.1) is 0 Å². The van der Waals surface area contributed by atoms with Gasteiger partial charge in [0.15, 0.2) is 5.17 Å². The van der Waals surface area contributed by atoms with Crippen LogP contribution in [0.1, 0.15) is 64.2 Å². The van der Waals surface area contributed by atoms with Crippen molar-refractivity contribution < 1.29 is 19.1 Å². The van der Waals surface area contributed by atoms with Crippen molar-refractivity contribution in [1.82, 2.24) is 15.6 Å². The number of amidine groups is 1. The van der Waals surface area contributed by atoms with Crippen LogP contribution in [0.15, 0.2) is 5.10 Å². The molecule has 0 bridgehead atoms. The third-order valence-corrected chi connectivity index (χ3v) is 8.18. The highest BCUT2D eigenvalue weighted by atomic mass is 32.2. The molecule has 0 spiro atoms. The lowest BCUT2D eigenvalue weighted by Gasteiger charge is -2.30. The van der Waals surface area contributed by atoms with E-state index in [1.54, 1.807) is 11.8 Å². The first-order valence-corrected chi connectivity index (χ1v) is 12.8. The van der Waals surface area contributed by atoms with Crippen molar-refractivity contribution in [1.29, 1.82) is 0 Å². The van der Waals surface area contributed by atoms with Crippen LogP contribution in [0.2, 0.25) is 0 Å². The van der Waals surface area contributed by atoms with Crippen molar-refractivity contribution in [2.75, 3.05) is 25.5 Å². The summed E-state index contributed by atoms with van der Waals surface area (Å²) in [6, 6.07) is -0.319. The minimum Gasteiger partial charge on any atom is -0.381 e. The van der Waals surface area contributed by atoms with Gasteiger partial charge in [0.1, 0.15) is 6.04 Å². The number of carbonyl (C=O) groups excluding carboxylic acids is 3. The average Bonchev–Trinajstić information content (AvgIpc) is 3.30. The number of ketones is 1. The molecule has 0 radical (unpaired) electrons. The molecular formula is C22H34N4O4S. The highest BCUT2D eigenvalue weighted by molar-refractivity contribution is 8.14. The summed E-state index contributed by atoms with van der Waals surface area (Å²) in [6.45, 7) is 2.04. The minimum absolute atomic E-state index is 0.0667. The largest absolute Gasteiger partial charge is 0.381 e. The van der Waals surface area contributed by atoms with E-state index in [4.69, 9.17) is 4.74 Å². The third-order valence-electron chi connectivity index (χ3n) is 7.05. The predicted molar refractivity (Wildman–Crippen MR) is 119 cm³/mol. The third kappa shape index (κ3) is 5.61. The number of ether oxygens (including phenoxy) is 1. The highest BCUT2D eigenvalue weighted by Gasteiger charge is 2.37. The first-order chi connectivity index (χ1) is 15.1. The maximum absolute atomic E-state index is 13.1. The molecule has 2 atom stereocenters. The summed E-state index contributed by atoms with van der Waals surface area (Å²) in [5, 5.41) is 7.99. The van der Waals surface area contributed by atoms with E-state index in [9.17, 15) is 14.4 Å². The van der Waals surface area contributed by atoms with Crippen LogP contribution in [0.3, 0.4) is 0 Å². The van der Waals surface area contributed by atoms with E-state index in [1.807, 2.05) is 0 Å². The molecule has 4 fully saturated rings. The summed E-state index contributed by atoms with van der Waals surface area (Å²) in [5.41, 5.74) is 2.47. The normalized spacial score (nSPS) is 27.5. The zero-order valence-electron chi connectivity index (χ0n) is 18.1. The van der Waals surface area contributed by atoms with Crippen LogP contribution in [-0.2, 0) is 19.1 Å². The zero-order valence-corrected chi connectivity index (χ0v) is 19.0. The number of hydrazone groups is 1. The summed E-state index contributed by atoms with van der Waals surface area (Å²) in [5.74, 6) is -0.601. The van der Waals surface area contributed by atoms with Crippen LogP contribution in [0.25, 0.3) is 0 Å². The SMILES string of the molecule is O=C(NN=C1SC[C@H]2CCCN12)C(=O)[C@@H](NC(=O)C1CCCCCC1)C1CCOCC1. The number of nitrogens with one attached hydrogen (secondary N) is 2. The number of carbonyl (C=O) groups is 3. The van der Waals surface area contributed by atoms with Gasteiger partial charge in [-0.1, -0.05) is 37.4 Å². The number of amides is 2. The summed E-state index contributed by atoms with van der Waals surface area (Å²) in [4.78, 5) is 41.0. The van der Waals surface area contributed by atoms with Crippen LogP contribution in [0.4, 0.5) is 0 Å². The summed E-state index contributed by atoms with van der Waals surface area (Å²) < 4.78 is 5.43. The lowest BCUT2D eigenvalue weighted by atomic mass is 9.87. The molecule has 0 aromatic heterocycles. The number of fused-ring (bicyclic) bond motifs is 1. The molecule has 2 amide bonds. The molecule has 9 heteroatoms. The number of Topliss-reactive ketones (excluding diaryl/α,β-unsaturated/α-hetero) is 1. The van der Waals surface area contributed by atoms with E-state index in [1.165, 1.54) is 0 Å². The van der Waals surface area contributed by atoms with E-state index < -0.39 is 17.7 Å². The van der Waals surface area contributed by atoms with Gasteiger partial charge in [-0.3, -0.25) is 14.4 Å². The highest BCUT2D eigenvalue weighted by Crippen LogP contribution is 2.31. The second-order valence-corrected chi connectivity index (χ2v) is 10.1. The van der Waals surface area contributed by atoms with Gasteiger partial charge in [0, 0.05) is 37.5 Å². The Labute approximate surface area is 188 Å². The Morgan fingerprint density at radius 2 is 1.74 bits per heavy atom. The number of nitrogens with zero attached hydrogens (tertiary/aromatic N) is 2. The Morgan fingerprint density at radius 1 is 1.00 bits per heavy atom. The Kier molecular flexibility index (Phi) is 7.87. The molecule has 0 unspecified atom stereocenters. The second kappa shape index (κ2) is 10.8. The number of rotatable bonds is 6. The number of hydrogen-bond acceptors (Lipinski definition) is 6. The molecule has 31 heavy (non-hydrogen) atoms. The lowest BCUT2D eigenvalue weighted by Crippen LogP contribution is -2.53. The maximum atomic E-state index is 13.1. The number of hydrogen-bond donors (Lipinski definition) is 2. The van der Waals surface area contributed by atoms with Gasteiger partial charge in [0.25, 0.3) is 0 Å². The predicted octanol–water partition coefficient (Wildman–Crippen LogP) is 2.04.